The summed E-state index contributed by atoms with van der Waals surface area (Å²) in [4.78, 5) is 19.6. The van der Waals surface area contributed by atoms with Crippen molar-refractivity contribution in [2.75, 3.05) is 7.11 Å². The Bertz CT molecular complexity index is 493. The highest BCUT2D eigenvalue weighted by Crippen LogP contribution is 2.36. The van der Waals surface area contributed by atoms with Crippen LogP contribution in [-0.2, 0) is 4.74 Å². The first kappa shape index (κ1) is 14.7. The van der Waals surface area contributed by atoms with Crippen LogP contribution >= 0.6 is 15.9 Å². The van der Waals surface area contributed by atoms with Crippen molar-refractivity contribution in [2.24, 2.45) is 5.92 Å². The summed E-state index contributed by atoms with van der Waals surface area (Å²) in [6, 6.07) is 0. The number of nitrogens with one attached hydrogen (secondary N) is 1. The van der Waals surface area contributed by atoms with Crippen LogP contribution in [0.4, 0.5) is 0 Å². The van der Waals surface area contributed by atoms with E-state index in [1.54, 1.807) is 7.11 Å². The summed E-state index contributed by atoms with van der Waals surface area (Å²) in [6.45, 7) is 4.12. The van der Waals surface area contributed by atoms with E-state index in [4.69, 9.17) is 4.74 Å². The molecule has 0 saturated heterocycles. The van der Waals surface area contributed by atoms with E-state index in [0.717, 1.165) is 18.5 Å². The third-order valence-electron chi connectivity index (χ3n) is 3.78. The van der Waals surface area contributed by atoms with Crippen LogP contribution in [0, 0.1) is 5.92 Å². The first-order valence-corrected chi connectivity index (χ1v) is 7.66. The number of rotatable bonds is 4. The third kappa shape index (κ3) is 3.08. The molecule has 1 aromatic heterocycles. The number of hydrogen-bond donors (Lipinski definition) is 1. The van der Waals surface area contributed by atoms with Crippen LogP contribution in [-0.4, -0.2) is 17.1 Å². The first-order chi connectivity index (χ1) is 9.04. The standard InChI is InChI=1S/C14H21BrN2O2/c1-8(2)12(19-3)13-16-11(9-6-4-5-7-9)10(15)14(18)17-13/h8-9,12H,4-7H2,1-3H3,(H,16,17,18). The number of H-pyrrole nitrogens is 1. The molecule has 1 aromatic rings. The number of ether oxygens (including phenoxy) is 1. The van der Waals surface area contributed by atoms with E-state index >= 15 is 0 Å². The van der Waals surface area contributed by atoms with Gasteiger partial charge in [-0.1, -0.05) is 26.7 Å². The summed E-state index contributed by atoms with van der Waals surface area (Å²) in [5.74, 6) is 1.32. The number of aromatic amines is 1. The van der Waals surface area contributed by atoms with Crippen molar-refractivity contribution in [2.45, 2.75) is 51.6 Å². The second kappa shape index (κ2) is 6.18. The molecule has 1 heterocycles. The lowest BCUT2D eigenvalue weighted by molar-refractivity contribution is 0.0569. The third-order valence-corrected chi connectivity index (χ3v) is 4.54. The SMILES string of the molecule is COC(c1nc(C2CCCC2)c(Br)c(=O)[nH]1)C(C)C. The minimum absolute atomic E-state index is 0.102. The molecule has 5 heteroatoms. The molecule has 1 aliphatic rings. The predicted octanol–water partition coefficient (Wildman–Crippen LogP) is 3.53. The van der Waals surface area contributed by atoms with Gasteiger partial charge in [-0.15, -0.1) is 0 Å². The Labute approximate surface area is 122 Å². The van der Waals surface area contributed by atoms with Gasteiger partial charge in [0.25, 0.3) is 5.56 Å². The maximum absolute atomic E-state index is 12.1. The van der Waals surface area contributed by atoms with Gasteiger partial charge in [-0.05, 0) is 34.7 Å². The summed E-state index contributed by atoms with van der Waals surface area (Å²) in [5.41, 5.74) is 0.800. The van der Waals surface area contributed by atoms with Gasteiger partial charge in [0.15, 0.2) is 0 Å². The van der Waals surface area contributed by atoms with Crippen molar-refractivity contribution < 1.29 is 4.74 Å². The Hall–Kier alpha value is -0.680. The predicted molar refractivity (Wildman–Crippen MR) is 78.4 cm³/mol. The average molecular weight is 329 g/mol. The largest absolute Gasteiger partial charge is 0.373 e. The van der Waals surface area contributed by atoms with Crippen LogP contribution in [0.2, 0.25) is 0 Å². The van der Waals surface area contributed by atoms with Crippen LogP contribution < -0.4 is 5.56 Å². The molecule has 0 aliphatic heterocycles. The van der Waals surface area contributed by atoms with E-state index in [1.165, 1.54) is 12.8 Å². The van der Waals surface area contributed by atoms with E-state index < -0.39 is 0 Å². The van der Waals surface area contributed by atoms with Gasteiger partial charge in [-0.25, -0.2) is 4.98 Å². The summed E-state index contributed by atoms with van der Waals surface area (Å²) < 4.78 is 6.05. The lowest BCUT2D eigenvalue weighted by Gasteiger charge is -2.20. The van der Waals surface area contributed by atoms with Gasteiger partial charge in [0, 0.05) is 13.0 Å². The van der Waals surface area contributed by atoms with Gasteiger partial charge in [0.2, 0.25) is 0 Å². The van der Waals surface area contributed by atoms with Gasteiger partial charge in [0.1, 0.15) is 16.4 Å². The first-order valence-electron chi connectivity index (χ1n) is 6.87. The van der Waals surface area contributed by atoms with Crippen molar-refractivity contribution in [3.63, 3.8) is 0 Å². The molecule has 2 rings (SSSR count). The molecule has 4 nitrogen and oxygen atoms in total. The molecule has 1 fully saturated rings. The van der Waals surface area contributed by atoms with E-state index in [0.29, 0.717) is 16.2 Å². The molecule has 19 heavy (non-hydrogen) atoms. The summed E-state index contributed by atoms with van der Waals surface area (Å²) >= 11 is 3.39. The van der Waals surface area contributed by atoms with Gasteiger partial charge >= 0.3 is 0 Å². The monoisotopic (exact) mass is 328 g/mol. The van der Waals surface area contributed by atoms with E-state index in [1.807, 2.05) is 0 Å². The van der Waals surface area contributed by atoms with Gasteiger partial charge in [-0.2, -0.15) is 0 Å². The molecule has 0 spiro atoms. The molecule has 0 amide bonds. The van der Waals surface area contributed by atoms with Crippen LogP contribution in [0.25, 0.3) is 0 Å². The Balaban J connectivity index is 2.43. The van der Waals surface area contributed by atoms with Crippen LogP contribution in [0.3, 0.4) is 0 Å². The molecule has 0 bridgehead atoms. The molecule has 1 saturated carbocycles. The fourth-order valence-electron chi connectivity index (χ4n) is 2.80. The van der Waals surface area contributed by atoms with Crippen molar-refractivity contribution in [3.05, 3.63) is 26.3 Å². The Morgan fingerprint density at radius 2 is 2.00 bits per heavy atom. The molecule has 1 aliphatic carbocycles. The molecule has 0 radical (unpaired) electrons. The number of methoxy groups -OCH3 is 1. The zero-order valence-corrected chi connectivity index (χ0v) is 13.3. The van der Waals surface area contributed by atoms with Gasteiger partial charge in [-0.3, -0.25) is 4.79 Å². The van der Waals surface area contributed by atoms with Crippen molar-refractivity contribution in [1.29, 1.82) is 0 Å². The fraction of sp³-hybridized carbons (Fsp3) is 0.714. The minimum Gasteiger partial charge on any atom is -0.373 e. The fourth-order valence-corrected chi connectivity index (χ4v) is 3.31. The molecular formula is C14H21BrN2O2. The van der Waals surface area contributed by atoms with Crippen molar-refractivity contribution >= 4 is 15.9 Å². The van der Waals surface area contributed by atoms with E-state index in [9.17, 15) is 4.79 Å². The van der Waals surface area contributed by atoms with E-state index in [2.05, 4.69) is 39.7 Å². The minimum atomic E-state index is -0.166. The number of halogens is 1. The Kier molecular flexibility index (Phi) is 4.79. The zero-order valence-electron chi connectivity index (χ0n) is 11.7. The van der Waals surface area contributed by atoms with E-state index in [-0.39, 0.29) is 17.6 Å². The molecular weight excluding hydrogens is 308 g/mol. The second-order valence-corrected chi connectivity index (χ2v) is 6.33. The summed E-state index contributed by atoms with van der Waals surface area (Å²) in [5, 5.41) is 0. The second-order valence-electron chi connectivity index (χ2n) is 5.53. The quantitative estimate of drug-likeness (QED) is 0.919. The lowest BCUT2D eigenvalue weighted by atomic mass is 10.0. The topological polar surface area (TPSA) is 55.0 Å². The summed E-state index contributed by atoms with van der Waals surface area (Å²) in [7, 11) is 1.65. The molecule has 106 valence electrons. The number of nitrogens with zero attached hydrogens (tertiary/aromatic N) is 1. The van der Waals surface area contributed by atoms with Crippen molar-refractivity contribution in [3.8, 4) is 0 Å². The van der Waals surface area contributed by atoms with Crippen LogP contribution in [0.1, 0.15) is 63.1 Å². The average Bonchev–Trinajstić information content (AvgIpc) is 2.87. The Morgan fingerprint density at radius 3 is 2.53 bits per heavy atom. The highest BCUT2D eigenvalue weighted by Gasteiger charge is 2.25. The molecule has 1 N–H and O–H groups in total. The normalized spacial score (nSPS) is 18.2. The maximum Gasteiger partial charge on any atom is 0.265 e. The van der Waals surface area contributed by atoms with Crippen LogP contribution in [0.15, 0.2) is 9.27 Å². The van der Waals surface area contributed by atoms with Crippen LogP contribution in [0.5, 0.6) is 0 Å². The highest BCUT2D eigenvalue weighted by molar-refractivity contribution is 9.10. The summed E-state index contributed by atoms with van der Waals surface area (Å²) in [6.07, 6.45) is 4.51. The number of hydrogen-bond acceptors (Lipinski definition) is 3. The smallest absolute Gasteiger partial charge is 0.265 e. The van der Waals surface area contributed by atoms with Gasteiger partial charge < -0.3 is 9.72 Å². The maximum atomic E-state index is 12.1. The molecule has 0 aromatic carbocycles. The molecule has 1 unspecified atom stereocenters. The number of aromatic nitrogens is 2. The van der Waals surface area contributed by atoms with Gasteiger partial charge in [0.05, 0.1) is 5.69 Å². The highest BCUT2D eigenvalue weighted by atomic mass is 79.9. The lowest BCUT2D eigenvalue weighted by Crippen LogP contribution is -2.22. The molecule has 1 atom stereocenters. The Morgan fingerprint density at radius 1 is 1.37 bits per heavy atom. The zero-order chi connectivity index (χ0) is 14.0. The van der Waals surface area contributed by atoms with Crippen molar-refractivity contribution in [1.82, 2.24) is 9.97 Å².